The highest BCUT2D eigenvalue weighted by atomic mass is 32.2. The summed E-state index contributed by atoms with van der Waals surface area (Å²) >= 11 is 3.55. The topological polar surface area (TPSA) is 26.3 Å². The van der Waals surface area contributed by atoms with Crippen LogP contribution in [-0.2, 0) is 15.1 Å². The quantitative estimate of drug-likeness (QED) is 0.372. The molecule has 0 bridgehead atoms. The molecule has 0 spiro atoms. The highest BCUT2D eigenvalue weighted by Gasteiger charge is 2.44. The van der Waals surface area contributed by atoms with Gasteiger partial charge in [-0.1, -0.05) is 54.7 Å². The largest absolute Gasteiger partial charge is 0.446 e. The number of carbonyl (C=O) groups is 1. The molecule has 0 fully saturated rings. The van der Waals surface area contributed by atoms with Gasteiger partial charge >= 0.3 is 5.97 Å². The van der Waals surface area contributed by atoms with Crippen molar-refractivity contribution in [3.05, 3.63) is 71.8 Å². The lowest BCUT2D eigenvalue weighted by Gasteiger charge is -2.40. The van der Waals surface area contributed by atoms with E-state index in [1.807, 2.05) is 36.0 Å². The molecule has 0 aliphatic carbocycles. The van der Waals surface area contributed by atoms with Gasteiger partial charge in [-0.2, -0.15) is 11.8 Å². The standard InChI is InChI=1S/C21H22O2S2/c1-15(2)20(22)23-21(13-8-14-24-3)16-9-4-6-11-18(16)25-19-12-7-5-10-17(19)21/h4-7,9-12H,1,8,13-14H2,2-3H3. The maximum absolute atomic E-state index is 12.5. The number of benzene rings is 2. The molecular weight excluding hydrogens is 348 g/mol. The van der Waals surface area contributed by atoms with Crippen LogP contribution in [0.3, 0.4) is 0 Å². The Hall–Kier alpha value is -1.65. The van der Waals surface area contributed by atoms with Gasteiger partial charge in [0.05, 0.1) is 0 Å². The Labute approximate surface area is 158 Å². The molecule has 0 unspecified atom stereocenters. The number of thioether (sulfide) groups is 1. The van der Waals surface area contributed by atoms with Gasteiger partial charge in [0.25, 0.3) is 0 Å². The normalized spacial score (nSPS) is 14.3. The Balaban J connectivity index is 2.17. The second-order valence-electron chi connectivity index (χ2n) is 6.19. The third-order valence-corrected chi connectivity index (χ3v) is 6.21. The van der Waals surface area contributed by atoms with Gasteiger partial charge in [0.15, 0.2) is 5.60 Å². The summed E-state index contributed by atoms with van der Waals surface area (Å²) in [5.41, 5.74) is 1.84. The van der Waals surface area contributed by atoms with Gasteiger partial charge in [0, 0.05) is 26.5 Å². The number of hydrogen-bond donors (Lipinski definition) is 0. The number of hydrogen-bond acceptors (Lipinski definition) is 4. The summed E-state index contributed by atoms with van der Waals surface area (Å²) < 4.78 is 6.18. The Bertz CT molecular complexity index is 752. The maximum atomic E-state index is 12.5. The van der Waals surface area contributed by atoms with E-state index in [-0.39, 0.29) is 5.97 Å². The predicted octanol–water partition coefficient (Wildman–Crippen LogP) is 5.66. The van der Waals surface area contributed by atoms with E-state index < -0.39 is 5.60 Å². The number of rotatable bonds is 6. The highest BCUT2D eigenvalue weighted by Crippen LogP contribution is 2.52. The Kier molecular flexibility index (Phi) is 5.60. The Morgan fingerprint density at radius 1 is 1.12 bits per heavy atom. The van der Waals surface area contributed by atoms with Gasteiger partial charge in [0.2, 0.25) is 0 Å². The molecule has 2 nitrogen and oxygen atoms in total. The van der Waals surface area contributed by atoms with E-state index in [0.29, 0.717) is 5.57 Å². The summed E-state index contributed by atoms with van der Waals surface area (Å²) in [5.74, 6) is 0.699. The average Bonchev–Trinajstić information content (AvgIpc) is 2.62. The first-order valence-electron chi connectivity index (χ1n) is 8.33. The summed E-state index contributed by atoms with van der Waals surface area (Å²) in [4.78, 5) is 14.8. The van der Waals surface area contributed by atoms with Crippen molar-refractivity contribution in [1.82, 2.24) is 0 Å². The van der Waals surface area contributed by atoms with Gasteiger partial charge in [-0.15, -0.1) is 0 Å². The molecule has 0 N–H and O–H groups in total. The van der Waals surface area contributed by atoms with Crippen molar-refractivity contribution in [2.75, 3.05) is 12.0 Å². The summed E-state index contributed by atoms with van der Waals surface area (Å²) in [6.45, 7) is 5.48. The van der Waals surface area contributed by atoms with Crippen LogP contribution >= 0.6 is 23.5 Å². The van der Waals surface area contributed by atoms with Gasteiger partial charge in [-0.05, 0) is 43.9 Å². The number of carbonyl (C=O) groups excluding carboxylic acids is 1. The third kappa shape index (κ3) is 3.51. The van der Waals surface area contributed by atoms with E-state index in [1.165, 1.54) is 0 Å². The highest BCUT2D eigenvalue weighted by molar-refractivity contribution is 7.99. The van der Waals surface area contributed by atoms with Crippen LogP contribution in [0, 0.1) is 0 Å². The lowest BCUT2D eigenvalue weighted by Crippen LogP contribution is -2.37. The van der Waals surface area contributed by atoms with Crippen LogP contribution in [0.2, 0.25) is 0 Å². The van der Waals surface area contributed by atoms with Crippen molar-refractivity contribution in [2.24, 2.45) is 0 Å². The van der Waals surface area contributed by atoms with Gasteiger partial charge in [-0.25, -0.2) is 4.79 Å². The van der Waals surface area contributed by atoms with Crippen LogP contribution in [0.4, 0.5) is 0 Å². The van der Waals surface area contributed by atoms with E-state index in [0.717, 1.165) is 39.5 Å². The molecule has 130 valence electrons. The van der Waals surface area contributed by atoms with E-state index in [9.17, 15) is 4.79 Å². The molecule has 2 aromatic rings. The minimum absolute atomic E-state index is 0.333. The second-order valence-corrected chi connectivity index (χ2v) is 8.26. The van der Waals surface area contributed by atoms with Crippen molar-refractivity contribution in [2.45, 2.75) is 35.2 Å². The minimum atomic E-state index is -0.746. The second kappa shape index (κ2) is 7.71. The van der Waals surface area contributed by atoms with Crippen LogP contribution in [0.5, 0.6) is 0 Å². The van der Waals surface area contributed by atoms with Crippen molar-refractivity contribution in [1.29, 1.82) is 0 Å². The number of ether oxygens (including phenoxy) is 1. The number of fused-ring (bicyclic) bond motifs is 2. The molecule has 4 heteroatoms. The molecule has 0 saturated carbocycles. The number of esters is 1. The minimum Gasteiger partial charge on any atom is -0.446 e. The van der Waals surface area contributed by atoms with Crippen molar-refractivity contribution in [3.8, 4) is 0 Å². The van der Waals surface area contributed by atoms with Crippen molar-refractivity contribution >= 4 is 29.5 Å². The van der Waals surface area contributed by atoms with Crippen LogP contribution in [0.25, 0.3) is 0 Å². The first-order valence-corrected chi connectivity index (χ1v) is 10.5. The molecular formula is C21H22O2S2. The molecule has 2 aromatic carbocycles. The van der Waals surface area contributed by atoms with Crippen LogP contribution in [-0.4, -0.2) is 18.0 Å². The zero-order valence-corrected chi connectivity index (χ0v) is 16.2. The monoisotopic (exact) mass is 370 g/mol. The molecule has 0 radical (unpaired) electrons. The summed E-state index contributed by atoms with van der Waals surface area (Å²) in [7, 11) is 0. The fourth-order valence-electron chi connectivity index (χ4n) is 3.18. The summed E-state index contributed by atoms with van der Waals surface area (Å²) in [6.07, 6.45) is 3.84. The molecule has 1 heterocycles. The smallest absolute Gasteiger partial charge is 0.334 e. The van der Waals surface area contributed by atoms with E-state index in [1.54, 1.807) is 18.7 Å². The van der Waals surface area contributed by atoms with Gasteiger partial charge in [0.1, 0.15) is 0 Å². The van der Waals surface area contributed by atoms with E-state index >= 15 is 0 Å². The lowest BCUT2D eigenvalue weighted by atomic mass is 9.81. The molecule has 25 heavy (non-hydrogen) atoms. The van der Waals surface area contributed by atoms with Gasteiger partial charge < -0.3 is 4.74 Å². The molecule has 0 amide bonds. The lowest BCUT2D eigenvalue weighted by molar-refractivity contribution is -0.153. The maximum Gasteiger partial charge on any atom is 0.334 e. The third-order valence-electron chi connectivity index (χ3n) is 4.36. The first kappa shape index (κ1) is 18.2. The average molecular weight is 371 g/mol. The summed E-state index contributed by atoms with van der Waals surface area (Å²) in [5, 5.41) is 0. The fourth-order valence-corrected chi connectivity index (χ4v) is 4.83. The molecule has 0 saturated heterocycles. The molecule has 1 aliphatic heterocycles. The Morgan fingerprint density at radius 2 is 1.68 bits per heavy atom. The SMILES string of the molecule is C=C(C)C(=O)OC1(CCCSC)c2ccccc2Sc2ccccc21. The van der Waals surface area contributed by atoms with Gasteiger partial charge in [-0.3, -0.25) is 0 Å². The molecule has 1 aliphatic rings. The van der Waals surface area contributed by atoms with Crippen LogP contribution < -0.4 is 0 Å². The van der Waals surface area contributed by atoms with Crippen molar-refractivity contribution < 1.29 is 9.53 Å². The van der Waals surface area contributed by atoms with Crippen LogP contribution in [0.15, 0.2) is 70.5 Å². The van der Waals surface area contributed by atoms with Crippen LogP contribution in [0.1, 0.15) is 30.9 Å². The first-order chi connectivity index (χ1) is 12.1. The van der Waals surface area contributed by atoms with Crippen molar-refractivity contribution in [3.63, 3.8) is 0 Å². The Morgan fingerprint density at radius 3 is 2.20 bits per heavy atom. The fraction of sp³-hybridized carbons (Fsp3) is 0.286. The molecule has 3 rings (SSSR count). The zero-order chi connectivity index (χ0) is 17.9. The van der Waals surface area contributed by atoms with E-state index in [4.69, 9.17) is 4.74 Å². The molecule has 0 atom stereocenters. The predicted molar refractivity (Wildman–Crippen MR) is 106 cm³/mol. The van der Waals surface area contributed by atoms with E-state index in [2.05, 4.69) is 37.1 Å². The summed E-state index contributed by atoms with van der Waals surface area (Å²) in [6, 6.07) is 16.5. The zero-order valence-electron chi connectivity index (χ0n) is 14.6. The molecule has 0 aromatic heterocycles.